The molecule has 2 aromatic rings. The Bertz CT molecular complexity index is 1030. The van der Waals surface area contributed by atoms with E-state index < -0.39 is 10.0 Å². The Morgan fingerprint density at radius 2 is 1.83 bits per heavy atom. The maximum absolute atomic E-state index is 13.1. The van der Waals surface area contributed by atoms with Crippen molar-refractivity contribution in [2.24, 2.45) is 0 Å². The lowest BCUT2D eigenvalue weighted by Crippen LogP contribution is -2.48. The number of rotatable bonds is 4. The molecule has 7 nitrogen and oxygen atoms in total. The van der Waals surface area contributed by atoms with E-state index in [0.717, 1.165) is 16.3 Å². The van der Waals surface area contributed by atoms with Gasteiger partial charge in [-0.1, -0.05) is 12.1 Å². The number of methoxy groups -OCH3 is 1. The molecule has 1 atom stereocenters. The van der Waals surface area contributed by atoms with Gasteiger partial charge in [-0.05, 0) is 37.3 Å². The molecule has 4 rings (SSSR count). The zero-order chi connectivity index (χ0) is 20.6. The van der Waals surface area contributed by atoms with Gasteiger partial charge in [-0.25, -0.2) is 8.42 Å². The van der Waals surface area contributed by atoms with Crippen LogP contribution in [-0.2, 0) is 14.8 Å². The molecule has 0 unspecified atom stereocenters. The molecule has 0 aromatic heterocycles. The van der Waals surface area contributed by atoms with E-state index >= 15 is 0 Å². The van der Waals surface area contributed by atoms with Gasteiger partial charge in [-0.2, -0.15) is 4.31 Å². The smallest absolute Gasteiger partial charge is 0.243 e. The number of piperazine rings is 1. The third-order valence-corrected chi connectivity index (χ3v) is 8.26. The fourth-order valence-electron chi connectivity index (χ4n) is 3.56. The lowest BCUT2D eigenvalue weighted by atomic mass is 10.2. The minimum absolute atomic E-state index is 0.109. The standard InChI is InChI=1S/C20H23N3O4S2/c1-14-20(24)21-16-13-15(7-8-19(16)28-14)29(25,26)23-11-9-22(10-12-23)17-5-3-4-6-18(17)27-2/h3-8,13-14H,9-12H2,1-2H3,(H,21,24)/t14-/m1/s1. The van der Waals surface area contributed by atoms with Gasteiger partial charge in [0.25, 0.3) is 0 Å². The Balaban J connectivity index is 1.51. The first kappa shape index (κ1) is 20.1. The predicted molar refractivity (Wildman–Crippen MR) is 114 cm³/mol. The number of fused-ring (bicyclic) bond motifs is 1. The van der Waals surface area contributed by atoms with Gasteiger partial charge in [-0.3, -0.25) is 4.79 Å². The normalized spacial score (nSPS) is 20.1. The number of amides is 1. The zero-order valence-corrected chi connectivity index (χ0v) is 17.9. The average Bonchev–Trinajstić information content (AvgIpc) is 2.74. The third kappa shape index (κ3) is 3.82. The lowest BCUT2D eigenvalue weighted by molar-refractivity contribution is -0.115. The van der Waals surface area contributed by atoms with E-state index in [1.165, 1.54) is 16.1 Å². The van der Waals surface area contributed by atoms with E-state index in [-0.39, 0.29) is 16.1 Å². The second kappa shape index (κ2) is 7.89. The van der Waals surface area contributed by atoms with Crippen molar-refractivity contribution < 1.29 is 17.9 Å². The van der Waals surface area contributed by atoms with E-state index in [0.29, 0.717) is 31.9 Å². The van der Waals surface area contributed by atoms with Gasteiger partial charge in [0.05, 0.1) is 28.6 Å². The van der Waals surface area contributed by atoms with Gasteiger partial charge in [0.1, 0.15) is 5.75 Å². The largest absolute Gasteiger partial charge is 0.495 e. The quantitative estimate of drug-likeness (QED) is 0.799. The molecule has 2 aliphatic rings. The highest BCUT2D eigenvalue weighted by Crippen LogP contribution is 2.37. The number of para-hydroxylation sites is 2. The molecule has 1 saturated heterocycles. The molecule has 2 heterocycles. The summed E-state index contributed by atoms with van der Waals surface area (Å²) < 4.78 is 33.2. The van der Waals surface area contributed by atoms with Gasteiger partial charge in [0, 0.05) is 31.1 Å². The van der Waals surface area contributed by atoms with Crippen LogP contribution >= 0.6 is 11.8 Å². The van der Waals surface area contributed by atoms with Gasteiger partial charge in [0.15, 0.2) is 0 Å². The summed E-state index contributed by atoms with van der Waals surface area (Å²) in [5, 5.41) is 2.61. The highest BCUT2D eigenvalue weighted by molar-refractivity contribution is 8.01. The Morgan fingerprint density at radius 3 is 2.55 bits per heavy atom. The van der Waals surface area contributed by atoms with Crippen molar-refractivity contribution in [3.05, 3.63) is 42.5 Å². The molecule has 0 spiro atoms. The molecule has 2 aromatic carbocycles. The number of benzene rings is 2. The number of thioether (sulfide) groups is 1. The van der Waals surface area contributed by atoms with Crippen LogP contribution in [-0.4, -0.2) is 57.2 Å². The third-order valence-electron chi connectivity index (χ3n) is 5.18. The highest BCUT2D eigenvalue weighted by atomic mass is 32.2. The number of sulfonamides is 1. The van der Waals surface area contributed by atoms with Gasteiger partial charge < -0.3 is 15.0 Å². The Morgan fingerprint density at radius 1 is 1.10 bits per heavy atom. The molecule has 0 bridgehead atoms. The molecule has 1 fully saturated rings. The van der Waals surface area contributed by atoms with Crippen LogP contribution in [0.25, 0.3) is 0 Å². The highest BCUT2D eigenvalue weighted by Gasteiger charge is 2.31. The summed E-state index contributed by atoms with van der Waals surface area (Å²) in [7, 11) is -2.00. The first-order valence-corrected chi connectivity index (χ1v) is 11.7. The number of anilines is 2. The van der Waals surface area contributed by atoms with Crippen LogP contribution < -0.4 is 15.0 Å². The monoisotopic (exact) mass is 433 g/mol. The number of hydrogen-bond donors (Lipinski definition) is 1. The van der Waals surface area contributed by atoms with Crippen molar-refractivity contribution >= 4 is 39.1 Å². The fraction of sp³-hybridized carbons (Fsp3) is 0.350. The molecular formula is C20H23N3O4S2. The van der Waals surface area contributed by atoms with Gasteiger partial charge in [-0.15, -0.1) is 11.8 Å². The fourth-order valence-corrected chi connectivity index (χ4v) is 5.94. The summed E-state index contributed by atoms with van der Waals surface area (Å²) in [6, 6.07) is 12.7. The van der Waals surface area contributed by atoms with Crippen LogP contribution in [0.1, 0.15) is 6.92 Å². The maximum atomic E-state index is 13.1. The van der Waals surface area contributed by atoms with E-state index in [9.17, 15) is 13.2 Å². The summed E-state index contributed by atoms with van der Waals surface area (Å²) in [4.78, 5) is 15.2. The van der Waals surface area contributed by atoms with E-state index in [2.05, 4.69) is 10.2 Å². The van der Waals surface area contributed by atoms with Crippen molar-refractivity contribution in [2.45, 2.75) is 22.0 Å². The van der Waals surface area contributed by atoms with Crippen LogP contribution in [0.3, 0.4) is 0 Å². The second-order valence-corrected chi connectivity index (χ2v) is 10.3. The summed E-state index contributed by atoms with van der Waals surface area (Å²) in [5.41, 5.74) is 1.53. The van der Waals surface area contributed by atoms with Gasteiger partial charge >= 0.3 is 0 Å². The predicted octanol–water partition coefficient (Wildman–Crippen LogP) is 2.64. The number of nitrogens with one attached hydrogen (secondary N) is 1. The van der Waals surface area contributed by atoms with Crippen molar-refractivity contribution in [1.82, 2.24) is 4.31 Å². The van der Waals surface area contributed by atoms with Crippen LogP contribution in [0.2, 0.25) is 0 Å². The Kier molecular flexibility index (Phi) is 5.46. The number of ether oxygens (including phenoxy) is 1. The molecule has 2 aliphatic heterocycles. The second-order valence-electron chi connectivity index (χ2n) is 6.97. The Hall–Kier alpha value is -2.23. The summed E-state index contributed by atoms with van der Waals surface area (Å²) in [6.45, 7) is 3.75. The first-order valence-electron chi connectivity index (χ1n) is 9.40. The van der Waals surface area contributed by atoms with E-state index in [4.69, 9.17) is 4.74 Å². The zero-order valence-electron chi connectivity index (χ0n) is 16.3. The molecule has 1 amide bonds. The molecule has 0 saturated carbocycles. The number of carbonyl (C=O) groups is 1. The van der Waals surface area contributed by atoms with Crippen molar-refractivity contribution in [1.29, 1.82) is 0 Å². The number of nitrogens with zero attached hydrogens (tertiary/aromatic N) is 2. The minimum Gasteiger partial charge on any atom is -0.495 e. The summed E-state index contributed by atoms with van der Waals surface area (Å²) >= 11 is 1.44. The van der Waals surface area contributed by atoms with Crippen LogP contribution in [0.5, 0.6) is 5.75 Å². The molecule has 1 N–H and O–H groups in total. The molecule has 154 valence electrons. The molecule has 0 aliphatic carbocycles. The van der Waals surface area contributed by atoms with E-state index in [1.54, 1.807) is 25.3 Å². The topological polar surface area (TPSA) is 79.0 Å². The number of carbonyl (C=O) groups excluding carboxylic acids is 1. The van der Waals surface area contributed by atoms with Crippen LogP contribution in [0, 0.1) is 0 Å². The van der Waals surface area contributed by atoms with Crippen LogP contribution in [0.15, 0.2) is 52.3 Å². The molecule has 29 heavy (non-hydrogen) atoms. The summed E-state index contributed by atoms with van der Waals surface area (Å²) in [5.74, 6) is 0.670. The maximum Gasteiger partial charge on any atom is 0.243 e. The summed E-state index contributed by atoms with van der Waals surface area (Å²) in [6.07, 6.45) is 0. The van der Waals surface area contributed by atoms with Crippen LogP contribution in [0.4, 0.5) is 11.4 Å². The molecule has 9 heteroatoms. The lowest BCUT2D eigenvalue weighted by Gasteiger charge is -2.36. The average molecular weight is 434 g/mol. The SMILES string of the molecule is COc1ccccc1N1CCN(S(=O)(=O)c2ccc3c(c2)NC(=O)[C@@H](C)S3)CC1. The van der Waals surface area contributed by atoms with E-state index in [1.807, 2.05) is 31.2 Å². The van der Waals surface area contributed by atoms with Crippen molar-refractivity contribution in [2.75, 3.05) is 43.5 Å². The molecular weight excluding hydrogens is 410 g/mol. The Labute approximate surface area is 175 Å². The van der Waals surface area contributed by atoms with Crippen molar-refractivity contribution in [3.63, 3.8) is 0 Å². The first-order chi connectivity index (χ1) is 13.9. The van der Waals surface area contributed by atoms with Gasteiger partial charge in [0.2, 0.25) is 15.9 Å². The number of hydrogen-bond acceptors (Lipinski definition) is 6. The van der Waals surface area contributed by atoms with Crippen molar-refractivity contribution in [3.8, 4) is 5.75 Å². The molecule has 0 radical (unpaired) electrons. The minimum atomic E-state index is -3.63.